The van der Waals surface area contributed by atoms with E-state index in [9.17, 15) is 19.8 Å². The first kappa shape index (κ1) is 43.7. The average molecular weight is 844 g/mol. The Labute approximate surface area is 363 Å². The number of nitrogens with one attached hydrogen (secondary N) is 1. The highest BCUT2D eigenvalue weighted by Crippen LogP contribution is 2.40. The highest BCUT2D eigenvalue weighted by molar-refractivity contribution is 5.90. The maximum atomic E-state index is 11.6. The van der Waals surface area contributed by atoms with Crippen LogP contribution in [0.4, 0.5) is 22.7 Å². The molecule has 3 fully saturated rings. The second-order valence-electron chi connectivity index (χ2n) is 16.0. The van der Waals surface area contributed by atoms with E-state index in [0.717, 1.165) is 98.1 Å². The fraction of sp³-hybridized carbons (Fsp3) is 0.388. The molecule has 5 aromatic rings. The van der Waals surface area contributed by atoms with Crippen molar-refractivity contribution in [2.45, 2.75) is 83.0 Å². The van der Waals surface area contributed by atoms with Crippen LogP contribution in [0.25, 0.3) is 0 Å². The van der Waals surface area contributed by atoms with Crippen molar-refractivity contribution < 1.29 is 38.7 Å². The molecule has 0 spiro atoms. The van der Waals surface area contributed by atoms with Gasteiger partial charge in [-0.2, -0.15) is 10.2 Å². The molecule has 1 saturated heterocycles. The molecule has 0 unspecified atom stereocenters. The molecule has 2 saturated carbocycles. The van der Waals surface area contributed by atoms with Gasteiger partial charge in [-0.3, -0.25) is 0 Å². The van der Waals surface area contributed by atoms with Gasteiger partial charge in [-0.15, -0.1) is 0 Å². The van der Waals surface area contributed by atoms with Gasteiger partial charge in [0.1, 0.15) is 0 Å². The number of aromatic nitrogens is 2. The van der Waals surface area contributed by atoms with E-state index in [1.807, 2.05) is 71.6 Å². The van der Waals surface area contributed by atoms with E-state index >= 15 is 0 Å². The van der Waals surface area contributed by atoms with Crippen molar-refractivity contribution in [2.75, 3.05) is 43.7 Å². The van der Waals surface area contributed by atoms with Gasteiger partial charge in [-0.05, 0) is 156 Å². The third-order valence-corrected chi connectivity index (χ3v) is 11.8. The van der Waals surface area contributed by atoms with Crippen LogP contribution in [0, 0.1) is 5.92 Å². The highest BCUT2D eigenvalue weighted by Gasteiger charge is 2.24. The van der Waals surface area contributed by atoms with Crippen LogP contribution in [0.5, 0.6) is 23.0 Å². The number of rotatable bonds is 16. The van der Waals surface area contributed by atoms with Crippen molar-refractivity contribution in [3.05, 3.63) is 120 Å². The molecule has 2 aliphatic carbocycles. The minimum Gasteiger partial charge on any atom is -0.493 e. The third kappa shape index (κ3) is 11.5. The van der Waals surface area contributed by atoms with Gasteiger partial charge in [-0.25, -0.2) is 9.59 Å². The molecule has 1 aromatic heterocycles. The number of methoxy groups -OCH3 is 2. The van der Waals surface area contributed by atoms with Gasteiger partial charge in [0, 0.05) is 47.6 Å². The van der Waals surface area contributed by atoms with E-state index in [2.05, 4.69) is 20.4 Å². The largest absolute Gasteiger partial charge is 0.493 e. The fourth-order valence-corrected chi connectivity index (χ4v) is 8.43. The molecule has 13 nitrogen and oxygen atoms in total. The number of hydrogen-bond acceptors (Lipinski definition) is 11. The molecule has 4 aromatic carbocycles. The SMILES string of the molecule is COc1ccc(N(CC2CCNCC2)c2cccc(C(=O)O)c2)cc1OC1CCCC1.COc1ccc(N(Cc2cccnn2)c2cccc(C(=O)O)c2)cc1OC1CCCC1. The third-order valence-electron chi connectivity index (χ3n) is 11.8. The predicted molar refractivity (Wildman–Crippen MR) is 239 cm³/mol. The second kappa shape index (κ2) is 21.4. The van der Waals surface area contributed by atoms with E-state index in [0.29, 0.717) is 29.5 Å². The minimum absolute atomic E-state index is 0.188. The summed E-state index contributed by atoms with van der Waals surface area (Å²) in [6.07, 6.45) is 13.3. The summed E-state index contributed by atoms with van der Waals surface area (Å²) in [5, 5.41) is 30.5. The van der Waals surface area contributed by atoms with E-state index in [1.54, 1.807) is 50.7 Å². The van der Waals surface area contributed by atoms with Crippen LogP contribution < -0.4 is 34.1 Å². The fourth-order valence-electron chi connectivity index (χ4n) is 8.43. The summed E-state index contributed by atoms with van der Waals surface area (Å²) in [5.74, 6) is 1.51. The monoisotopic (exact) mass is 843 g/mol. The smallest absolute Gasteiger partial charge is 0.335 e. The molecular formula is C49H57N5O8. The number of anilines is 4. The summed E-state index contributed by atoms with van der Waals surface area (Å²) in [7, 11) is 3.30. The number of ether oxygens (including phenoxy) is 4. The molecule has 326 valence electrons. The first-order chi connectivity index (χ1) is 30.3. The van der Waals surface area contributed by atoms with Crippen LogP contribution in [0.1, 0.15) is 90.6 Å². The molecule has 0 radical (unpaired) electrons. The summed E-state index contributed by atoms with van der Waals surface area (Å²) in [6, 6.07) is 29.6. The molecule has 0 amide bonds. The van der Waals surface area contributed by atoms with Gasteiger partial charge >= 0.3 is 11.9 Å². The Hall–Kier alpha value is -6.34. The number of carboxylic acid groups (broad SMARTS) is 2. The normalized spacial score (nSPS) is 15.6. The molecule has 0 bridgehead atoms. The van der Waals surface area contributed by atoms with Crippen molar-refractivity contribution in [2.24, 2.45) is 5.92 Å². The Balaban J connectivity index is 0.000000186. The topological polar surface area (TPSA) is 156 Å². The summed E-state index contributed by atoms with van der Waals surface area (Å²) in [4.78, 5) is 27.3. The molecule has 2 heterocycles. The van der Waals surface area contributed by atoms with Gasteiger partial charge < -0.3 is 44.3 Å². The summed E-state index contributed by atoms with van der Waals surface area (Å²) < 4.78 is 23.7. The molecule has 1 aliphatic heterocycles. The first-order valence-corrected chi connectivity index (χ1v) is 21.7. The summed E-state index contributed by atoms with van der Waals surface area (Å²) in [5.41, 5.74) is 4.74. The van der Waals surface area contributed by atoms with E-state index < -0.39 is 11.9 Å². The molecule has 3 aliphatic rings. The quantitative estimate of drug-likeness (QED) is 0.0864. The lowest BCUT2D eigenvalue weighted by Crippen LogP contribution is -2.34. The summed E-state index contributed by atoms with van der Waals surface area (Å²) in [6.45, 7) is 3.30. The maximum Gasteiger partial charge on any atom is 0.335 e. The Morgan fingerprint density at radius 3 is 1.60 bits per heavy atom. The number of hydrogen-bond donors (Lipinski definition) is 3. The molecule has 3 N–H and O–H groups in total. The second-order valence-corrected chi connectivity index (χ2v) is 16.0. The lowest BCUT2D eigenvalue weighted by Gasteiger charge is -2.32. The van der Waals surface area contributed by atoms with Crippen molar-refractivity contribution in [1.82, 2.24) is 15.5 Å². The number of benzene rings is 4. The molecule has 0 atom stereocenters. The van der Waals surface area contributed by atoms with E-state index in [-0.39, 0.29) is 17.8 Å². The zero-order chi connectivity index (χ0) is 43.3. The molecular weight excluding hydrogens is 787 g/mol. The number of piperidine rings is 1. The van der Waals surface area contributed by atoms with Gasteiger partial charge in [0.05, 0.1) is 49.8 Å². The van der Waals surface area contributed by atoms with Gasteiger partial charge in [-0.1, -0.05) is 12.1 Å². The van der Waals surface area contributed by atoms with Gasteiger partial charge in [0.25, 0.3) is 0 Å². The van der Waals surface area contributed by atoms with Crippen LogP contribution in [-0.4, -0.2) is 78.4 Å². The van der Waals surface area contributed by atoms with Crippen LogP contribution >= 0.6 is 0 Å². The van der Waals surface area contributed by atoms with E-state index in [4.69, 9.17) is 18.9 Å². The highest BCUT2D eigenvalue weighted by atomic mass is 16.5. The molecule has 8 rings (SSSR count). The van der Waals surface area contributed by atoms with Gasteiger partial charge in [0.15, 0.2) is 23.0 Å². The molecule has 62 heavy (non-hydrogen) atoms. The number of carboxylic acids is 2. The zero-order valence-electron chi connectivity index (χ0n) is 35.6. The lowest BCUT2D eigenvalue weighted by molar-refractivity contribution is 0.0686. The van der Waals surface area contributed by atoms with Crippen LogP contribution in [0.15, 0.2) is 103 Å². The number of nitrogens with zero attached hydrogens (tertiary/aromatic N) is 4. The maximum absolute atomic E-state index is 11.6. The Morgan fingerprint density at radius 1 is 0.613 bits per heavy atom. The number of aromatic carboxylic acids is 2. The van der Waals surface area contributed by atoms with E-state index in [1.165, 1.54) is 25.7 Å². The van der Waals surface area contributed by atoms with Crippen molar-refractivity contribution in [1.29, 1.82) is 0 Å². The molecule has 13 heteroatoms. The minimum atomic E-state index is -0.971. The van der Waals surface area contributed by atoms with Crippen LogP contribution in [0.2, 0.25) is 0 Å². The Kier molecular flexibility index (Phi) is 15.1. The van der Waals surface area contributed by atoms with Crippen LogP contribution in [0.3, 0.4) is 0 Å². The zero-order valence-corrected chi connectivity index (χ0v) is 35.6. The number of carbonyl (C=O) groups is 2. The Bertz CT molecular complexity index is 2240. The van der Waals surface area contributed by atoms with Crippen molar-refractivity contribution in [3.63, 3.8) is 0 Å². The summed E-state index contributed by atoms with van der Waals surface area (Å²) >= 11 is 0. The first-order valence-electron chi connectivity index (χ1n) is 21.7. The van der Waals surface area contributed by atoms with Crippen molar-refractivity contribution >= 4 is 34.7 Å². The van der Waals surface area contributed by atoms with Crippen molar-refractivity contribution in [3.8, 4) is 23.0 Å². The van der Waals surface area contributed by atoms with Crippen LogP contribution in [-0.2, 0) is 6.54 Å². The average Bonchev–Trinajstić information content (AvgIpc) is 4.03. The predicted octanol–water partition coefficient (Wildman–Crippen LogP) is 9.70. The van der Waals surface area contributed by atoms with Gasteiger partial charge in [0.2, 0.25) is 0 Å². The standard InChI is InChI=1S/C25H32N2O4.C24H25N3O4/c1-30-23-10-9-21(16-24(23)31-22-7-2-3-8-22)27(17-18-11-13-26-14-12-18)20-6-4-5-19(15-20)25(28)29;1-30-22-12-11-20(15-23(22)31-21-9-2-3-10-21)27(16-18-7-5-13-25-26-18)19-8-4-6-17(14-19)24(28)29/h4-6,9-10,15-16,18,22,26H,2-3,7-8,11-14,17H2,1H3,(H,28,29);4-8,11-15,21H,2-3,9-10,16H2,1H3,(H,28,29). The lowest BCUT2D eigenvalue weighted by atomic mass is 9.96. The Morgan fingerprint density at radius 2 is 1.11 bits per heavy atom.